The molecule has 1 fully saturated rings. The van der Waals surface area contributed by atoms with Gasteiger partial charge in [0.15, 0.2) is 0 Å². The SMILES string of the molecule is CCCC(Nc1cncc(-c2ccc(CN3CCN(C)CC3)cc2)n1)c1ccccc1. The van der Waals surface area contributed by atoms with Crippen LogP contribution < -0.4 is 5.32 Å². The van der Waals surface area contributed by atoms with E-state index in [0.29, 0.717) is 0 Å². The van der Waals surface area contributed by atoms with Gasteiger partial charge in [0.2, 0.25) is 0 Å². The third-order valence-electron chi connectivity index (χ3n) is 5.99. The number of nitrogens with zero attached hydrogens (tertiary/aromatic N) is 4. The molecule has 1 N–H and O–H groups in total. The fourth-order valence-electron chi connectivity index (χ4n) is 4.09. The molecule has 1 atom stereocenters. The van der Waals surface area contributed by atoms with Crippen molar-refractivity contribution in [2.75, 3.05) is 38.5 Å². The highest BCUT2D eigenvalue weighted by Gasteiger charge is 2.14. The number of aromatic nitrogens is 2. The molecule has 162 valence electrons. The first-order valence-corrected chi connectivity index (χ1v) is 11.3. The van der Waals surface area contributed by atoms with Crippen molar-refractivity contribution in [1.29, 1.82) is 0 Å². The number of rotatable bonds is 8. The minimum atomic E-state index is 0.238. The smallest absolute Gasteiger partial charge is 0.145 e. The third-order valence-corrected chi connectivity index (χ3v) is 5.99. The Morgan fingerprint density at radius 1 is 0.935 bits per heavy atom. The number of anilines is 1. The van der Waals surface area contributed by atoms with Crippen molar-refractivity contribution in [2.24, 2.45) is 0 Å². The molecule has 0 amide bonds. The maximum atomic E-state index is 4.85. The average molecular weight is 416 g/mol. The number of piperazine rings is 1. The molecule has 5 nitrogen and oxygen atoms in total. The van der Waals surface area contributed by atoms with Crippen LogP contribution in [0.15, 0.2) is 67.0 Å². The van der Waals surface area contributed by atoms with E-state index in [2.05, 4.69) is 88.7 Å². The Kier molecular flexibility index (Phi) is 7.28. The molecule has 1 saturated heterocycles. The molecule has 1 aliphatic rings. The summed E-state index contributed by atoms with van der Waals surface area (Å²) in [6.07, 6.45) is 5.82. The summed E-state index contributed by atoms with van der Waals surface area (Å²) in [4.78, 5) is 14.2. The first-order chi connectivity index (χ1) is 15.2. The van der Waals surface area contributed by atoms with E-state index >= 15 is 0 Å². The van der Waals surface area contributed by atoms with E-state index in [1.54, 1.807) is 0 Å². The van der Waals surface area contributed by atoms with Gasteiger partial charge >= 0.3 is 0 Å². The van der Waals surface area contributed by atoms with Crippen molar-refractivity contribution < 1.29 is 0 Å². The van der Waals surface area contributed by atoms with Crippen molar-refractivity contribution in [2.45, 2.75) is 32.4 Å². The lowest BCUT2D eigenvalue weighted by Gasteiger charge is -2.32. The first-order valence-electron chi connectivity index (χ1n) is 11.3. The second-order valence-corrected chi connectivity index (χ2v) is 8.46. The minimum Gasteiger partial charge on any atom is -0.362 e. The Morgan fingerprint density at radius 2 is 1.68 bits per heavy atom. The molecular weight excluding hydrogens is 382 g/mol. The molecule has 1 aromatic heterocycles. The van der Waals surface area contributed by atoms with E-state index in [1.165, 1.54) is 11.1 Å². The molecule has 31 heavy (non-hydrogen) atoms. The van der Waals surface area contributed by atoms with Gasteiger partial charge < -0.3 is 10.2 Å². The van der Waals surface area contributed by atoms with Crippen LogP contribution in [0.4, 0.5) is 5.82 Å². The Labute approximate surface area is 186 Å². The monoisotopic (exact) mass is 415 g/mol. The molecule has 4 rings (SSSR count). The van der Waals surface area contributed by atoms with Gasteiger partial charge in [-0.05, 0) is 24.6 Å². The average Bonchev–Trinajstić information content (AvgIpc) is 2.82. The molecule has 3 aromatic rings. The lowest BCUT2D eigenvalue weighted by Crippen LogP contribution is -2.43. The molecule has 5 heteroatoms. The highest BCUT2D eigenvalue weighted by Crippen LogP contribution is 2.25. The van der Waals surface area contributed by atoms with Gasteiger partial charge in [-0.2, -0.15) is 0 Å². The summed E-state index contributed by atoms with van der Waals surface area (Å²) in [5, 5.41) is 3.59. The summed E-state index contributed by atoms with van der Waals surface area (Å²) in [6.45, 7) is 7.79. The predicted octanol–water partition coefficient (Wildman–Crippen LogP) is 4.84. The zero-order valence-electron chi connectivity index (χ0n) is 18.7. The van der Waals surface area contributed by atoms with Gasteiger partial charge in [-0.15, -0.1) is 0 Å². The Morgan fingerprint density at radius 3 is 2.39 bits per heavy atom. The highest BCUT2D eigenvalue weighted by molar-refractivity contribution is 5.60. The number of nitrogens with one attached hydrogen (secondary N) is 1. The topological polar surface area (TPSA) is 44.3 Å². The van der Waals surface area contributed by atoms with Crippen LogP contribution >= 0.6 is 0 Å². The fraction of sp³-hybridized carbons (Fsp3) is 0.385. The van der Waals surface area contributed by atoms with Crippen LogP contribution in [0, 0.1) is 0 Å². The molecule has 2 aromatic carbocycles. The summed E-state index contributed by atoms with van der Waals surface area (Å²) in [5.41, 5.74) is 4.64. The largest absolute Gasteiger partial charge is 0.362 e. The molecule has 0 aliphatic carbocycles. The maximum Gasteiger partial charge on any atom is 0.145 e. The molecule has 2 heterocycles. The van der Waals surface area contributed by atoms with E-state index in [1.807, 2.05) is 12.4 Å². The zero-order valence-corrected chi connectivity index (χ0v) is 18.7. The molecule has 0 bridgehead atoms. The van der Waals surface area contributed by atoms with Crippen molar-refractivity contribution in [3.8, 4) is 11.3 Å². The molecule has 1 aliphatic heterocycles. The van der Waals surface area contributed by atoms with Crippen LogP contribution in [-0.2, 0) is 6.54 Å². The van der Waals surface area contributed by atoms with Gasteiger partial charge in [-0.1, -0.05) is 67.9 Å². The summed E-state index contributed by atoms with van der Waals surface area (Å²) in [5.74, 6) is 0.821. The van der Waals surface area contributed by atoms with Crippen molar-refractivity contribution in [3.63, 3.8) is 0 Å². The number of likely N-dealkylation sites (N-methyl/N-ethyl adjacent to an activating group) is 1. The van der Waals surface area contributed by atoms with Gasteiger partial charge in [0.25, 0.3) is 0 Å². The van der Waals surface area contributed by atoms with Crippen LogP contribution in [0.2, 0.25) is 0 Å². The number of benzene rings is 2. The van der Waals surface area contributed by atoms with Crippen LogP contribution in [0.25, 0.3) is 11.3 Å². The van der Waals surface area contributed by atoms with Gasteiger partial charge in [-0.25, -0.2) is 4.98 Å². The van der Waals surface area contributed by atoms with Crippen molar-refractivity contribution >= 4 is 5.82 Å². The zero-order chi connectivity index (χ0) is 21.5. The number of hydrogen-bond acceptors (Lipinski definition) is 5. The van der Waals surface area contributed by atoms with E-state index in [4.69, 9.17) is 4.98 Å². The van der Waals surface area contributed by atoms with Gasteiger partial charge in [-0.3, -0.25) is 9.88 Å². The second-order valence-electron chi connectivity index (χ2n) is 8.46. The van der Waals surface area contributed by atoms with Crippen molar-refractivity contribution in [1.82, 2.24) is 19.8 Å². The van der Waals surface area contributed by atoms with Gasteiger partial charge in [0.1, 0.15) is 5.82 Å². The highest BCUT2D eigenvalue weighted by atomic mass is 15.2. The van der Waals surface area contributed by atoms with Crippen LogP contribution in [0.5, 0.6) is 0 Å². The number of hydrogen-bond donors (Lipinski definition) is 1. The maximum absolute atomic E-state index is 4.85. The Balaban J connectivity index is 1.44. The standard InChI is InChI=1S/C26H33N5/c1-3-7-24(22-8-5-4-6-9-22)28-26-19-27-18-25(29-26)23-12-10-21(11-13-23)20-31-16-14-30(2)15-17-31/h4-6,8-13,18-19,24H,3,7,14-17,20H2,1-2H3,(H,28,29). The van der Waals surface area contributed by atoms with E-state index in [0.717, 1.165) is 62.6 Å². The summed E-state index contributed by atoms with van der Waals surface area (Å²) < 4.78 is 0. The predicted molar refractivity (Wildman–Crippen MR) is 128 cm³/mol. The molecular formula is C26H33N5. The van der Waals surface area contributed by atoms with Gasteiger partial charge in [0.05, 0.1) is 24.1 Å². The van der Waals surface area contributed by atoms with E-state index in [-0.39, 0.29) is 6.04 Å². The third kappa shape index (κ3) is 5.90. The first kappa shape index (κ1) is 21.5. The quantitative estimate of drug-likeness (QED) is 0.570. The Hall–Kier alpha value is -2.76. The van der Waals surface area contributed by atoms with Crippen LogP contribution in [0.1, 0.15) is 36.9 Å². The fourth-order valence-corrected chi connectivity index (χ4v) is 4.09. The van der Waals surface area contributed by atoms with Crippen LogP contribution in [-0.4, -0.2) is 53.0 Å². The van der Waals surface area contributed by atoms with Crippen LogP contribution in [0.3, 0.4) is 0 Å². The second kappa shape index (κ2) is 10.5. The van der Waals surface area contributed by atoms with E-state index in [9.17, 15) is 0 Å². The van der Waals surface area contributed by atoms with E-state index < -0.39 is 0 Å². The van der Waals surface area contributed by atoms with Gasteiger partial charge in [0, 0.05) is 38.3 Å². The molecule has 0 radical (unpaired) electrons. The van der Waals surface area contributed by atoms with Crippen molar-refractivity contribution in [3.05, 3.63) is 78.1 Å². The summed E-state index contributed by atoms with van der Waals surface area (Å²) in [6, 6.07) is 19.6. The molecule has 0 spiro atoms. The molecule has 0 saturated carbocycles. The summed E-state index contributed by atoms with van der Waals surface area (Å²) >= 11 is 0. The minimum absolute atomic E-state index is 0.238. The summed E-state index contributed by atoms with van der Waals surface area (Å²) in [7, 11) is 2.19. The lowest BCUT2D eigenvalue weighted by molar-refractivity contribution is 0.148. The normalized spacial score (nSPS) is 16.2. The Bertz CT molecular complexity index is 934. The molecule has 1 unspecified atom stereocenters. The lowest BCUT2D eigenvalue weighted by atomic mass is 10.0.